The Morgan fingerprint density at radius 3 is 2.88 bits per heavy atom. The van der Waals surface area contributed by atoms with Crippen LogP contribution in [0.5, 0.6) is 11.5 Å². The summed E-state index contributed by atoms with van der Waals surface area (Å²) in [6.07, 6.45) is 1.57. The average Bonchev–Trinajstić information content (AvgIpc) is 3.05. The largest absolute Gasteiger partial charge is 0.497 e. The minimum atomic E-state index is -0.312. The number of rotatable bonds is 6. The molecule has 0 aliphatic carbocycles. The number of hydrogen-bond donors (Lipinski definition) is 2. The summed E-state index contributed by atoms with van der Waals surface area (Å²) in [5, 5.41) is 4.90. The molecule has 2 aromatic carbocycles. The van der Waals surface area contributed by atoms with E-state index in [9.17, 15) is 4.79 Å². The van der Waals surface area contributed by atoms with Crippen molar-refractivity contribution in [3.63, 3.8) is 0 Å². The molecule has 1 aromatic heterocycles. The molecule has 0 aliphatic rings. The average molecular weight is 337 g/mol. The van der Waals surface area contributed by atoms with E-state index in [1.807, 2.05) is 49.4 Å². The molecule has 0 aliphatic heterocycles. The van der Waals surface area contributed by atoms with Crippen LogP contribution in [0.3, 0.4) is 0 Å². The Hall–Kier alpha value is -3.28. The number of fused-ring (bicyclic) bond motifs is 1. The maximum Gasteiger partial charge on any atom is 0.287 e. The molecule has 0 bridgehead atoms. The van der Waals surface area contributed by atoms with Crippen molar-refractivity contribution in [3.05, 3.63) is 59.8 Å². The highest BCUT2D eigenvalue weighted by Crippen LogP contribution is 2.21. The van der Waals surface area contributed by atoms with Gasteiger partial charge in [0.15, 0.2) is 0 Å². The van der Waals surface area contributed by atoms with Crippen LogP contribution in [0.1, 0.15) is 23.0 Å². The van der Waals surface area contributed by atoms with E-state index in [1.165, 1.54) is 0 Å². The van der Waals surface area contributed by atoms with Crippen LogP contribution >= 0.6 is 0 Å². The molecule has 3 rings (SSSR count). The number of amides is 1. The van der Waals surface area contributed by atoms with E-state index in [-0.39, 0.29) is 5.91 Å². The summed E-state index contributed by atoms with van der Waals surface area (Å²) in [6.45, 7) is 2.53. The van der Waals surface area contributed by atoms with Gasteiger partial charge >= 0.3 is 0 Å². The first-order valence-corrected chi connectivity index (χ1v) is 7.92. The van der Waals surface area contributed by atoms with Gasteiger partial charge in [0.25, 0.3) is 5.91 Å². The molecule has 6 nitrogen and oxygen atoms in total. The van der Waals surface area contributed by atoms with Gasteiger partial charge in [-0.25, -0.2) is 5.43 Å². The van der Waals surface area contributed by atoms with Gasteiger partial charge in [-0.05, 0) is 48.9 Å². The van der Waals surface area contributed by atoms with Crippen LogP contribution in [0, 0.1) is 0 Å². The number of carbonyl (C=O) groups is 1. The number of hydrogen-bond acceptors (Lipinski definition) is 4. The fourth-order valence-electron chi connectivity index (χ4n) is 2.44. The van der Waals surface area contributed by atoms with E-state index in [4.69, 9.17) is 9.47 Å². The first kappa shape index (κ1) is 16.6. The lowest BCUT2D eigenvalue weighted by Gasteiger charge is -2.01. The van der Waals surface area contributed by atoms with Crippen LogP contribution in [0.4, 0.5) is 0 Å². The Balaban J connectivity index is 1.70. The summed E-state index contributed by atoms with van der Waals surface area (Å²) in [6, 6.07) is 14.8. The van der Waals surface area contributed by atoms with Crippen LogP contribution in [-0.2, 0) is 0 Å². The van der Waals surface area contributed by atoms with Gasteiger partial charge in [-0.1, -0.05) is 12.1 Å². The third kappa shape index (κ3) is 3.98. The molecular formula is C19H19N3O3. The zero-order chi connectivity index (χ0) is 17.6. The Morgan fingerprint density at radius 1 is 1.20 bits per heavy atom. The van der Waals surface area contributed by atoms with E-state index in [1.54, 1.807) is 19.4 Å². The van der Waals surface area contributed by atoms with Crippen LogP contribution in [0.15, 0.2) is 53.6 Å². The lowest BCUT2D eigenvalue weighted by molar-refractivity contribution is 0.0951. The van der Waals surface area contributed by atoms with Crippen molar-refractivity contribution in [2.45, 2.75) is 6.92 Å². The highest BCUT2D eigenvalue weighted by Gasteiger charge is 2.09. The van der Waals surface area contributed by atoms with Crippen LogP contribution in [-0.4, -0.2) is 30.8 Å². The van der Waals surface area contributed by atoms with Gasteiger partial charge in [-0.3, -0.25) is 4.79 Å². The van der Waals surface area contributed by atoms with Gasteiger partial charge in [0.05, 0.1) is 19.9 Å². The Bertz CT molecular complexity index is 915. The monoisotopic (exact) mass is 337 g/mol. The number of nitrogens with zero attached hydrogens (tertiary/aromatic N) is 1. The lowest BCUT2D eigenvalue weighted by Crippen LogP contribution is -2.17. The summed E-state index contributed by atoms with van der Waals surface area (Å²) < 4.78 is 10.6. The zero-order valence-electron chi connectivity index (χ0n) is 14.1. The number of aromatic amines is 1. The Labute approximate surface area is 145 Å². The second kappa shape index (κ2) is 7.53. The minimum Gasteiger partial charge on any atom is -0.497 e. The molecule has 0 saturated heterocycles. The van der Waals surface area contributed by atoms with E-state index in [2.05, 4.69) is 15.5 Å². The maximum absolute atomic E-state index is 12.2. The molecule has 0 saturated carbocycles. The molecule has 6 heteroatoms. The minimum absolute atomic E-state index is 0.312. The second-order valence-corrected chi connectivity index (χ2v) is 5.34. The predicted molar refractivity (Wildman–Crippen MR) is 97.5 cm³/mol. The predicted octanol–water partition coefficient (Wildman–Crippen LogP) is 3.34. The number of nitrogens with one attached hydrogen (secondary N) is 2. The Kier molecular flexibility index (Phi) is 4.99. The van der Waals surface area contributed by atoms with Crippen molar-refractivity contribution in [1.29, 1.82) is 0 Å². The molecule has 2 N–H and O–H groups in total. The third-order valence-electron chi connectivity index (χ3n) is 3.62. The van der Waals surface area contributed by atoms with Gasteiger partial charge in [0.2, 0.25) is 0 Å². The van der Waals surface area contributed by atoms with Crippen LogP contribution in [0.2, 0.25) is 0 Å². The van der Waals surface area contributed by atoms with Crippen molar-refractivity contribution >= 4 is 23.0 Å². The third-order valence-corrected chi connectivity index (χ3v) is 3.62. The van der Waals surface area contributed by atoms with Gasteiger partial charge in [-0.2, -0.15) is 5.10 Å². The Morgan fingerprint density at radius 2 is 2.08 bits per heavy atom. The summed E-state index contributed by atoms with van der Waals surface area (Å²) in [5.41, 5.74) is 4.65. The van der Waals surface area contributed by atoms with Crippen molar-refractivity contribution in [1.82, 2.24) is 10.4 Å². The van der Waals surface area contributed by atoms with Gasteiger partial charge in [-0.15, -0.1) is 0 Å². The first-order chi connectivity index (χ1) is 12.2. The topological polar surface area (TPSA) is 75.7 Å². The van der Waals surface area contributed by atoms with Crippen molar-refractivity contribution in [2.24, 2.45) is 5.10 Å². The first-order valence-electron chi connectivity index (χ1n) is 7.92. The number of aromatic nitrogens is 1. The number of carbonyl (C=O) groups excluding carboxylic acids is 1. The van der Waals surface area contributed by atoms with E-state index in [0.717, 1.165) is 28.0 Å². The lowest BCUT2D eigenvalue weighted by atomic mass is 10.2. The number of H-pyrrole nitrogens is 1. The summed E-state index contributed by atoms with van der Waals surface area (Å²) in [4.78, 5) is 15.3. The molecule has 0 fully saturated rings. The van der Waals surface area contributed by atoms with Gasteiger partial charge in [0, 0.05) is 10.9 Å². The fourth-order valence-corrected chi connectivity index (χ4v) is 2.44. The summed E-state index contributed by atoms with van der Waals surface area (Å²) in [7, 11) is 1.60. The fraction of sp³-hybridized carbons (Fsp3) is 0.158. The second-order valence-electron chi connectivity index (χ2n) is 5.34. The molecule has 3 aromatic rings. The standard InChI is InChI=1S/C19H19N3O3/c1-3-25-16-7-8-17-14(10-16)11-18(21-17)19(23)22-20-12-13-5-4-6-15(9-13)24-2/h4-12,21H,3H2,1-2H3,(H,22,23)/b20-12+. The van der Waals surface area contributed by atoms with Gasteiger partial charge in [0.1, 0.15) is 17.2 Å². The number of hydrazone groups is 1. The van der Waals surface area contributed by atoms with E-state index in [0.29, 0.717) is 12.3 Å². The van der Waals surface area contributed by atoms with Crippen molar-refractivity contribution in [3.8, 4) is 11.5 Å². The summed E-state index contributed by atoms with van der Waals surface area (Å²) in [5.74, 6) is 1.20. The maximum atomic E-state index is 12.2. The normalized spacial score (nSPS) is 11.0. The smallest absolute Gasteiger partial charge is 0.287 e. The van der Waals surface area contributed by atoms with Crippen LogP contribution in [0.25, 0.3) is 10.9 Å². The van der Waals surface area contributed by atoms with Crippen molar-refractivity contribution < 1.29 is 14.3 Å². The molecule has 0 radical (unpaired) electrons. The molecule has 0 spiro atoms. The van der Waals surface area contributed by atoms with Gasteiger partial charge < -0.3 is 14.5 Å². The summed E-state index contributed by atoms with van der Waals surface area (Å²) >= 11 is 0. The molecule has 1 amide bonds. The van der Waals surface area contributed by atoms with E-state index >= 15 is 0 Å². The zero-order valence-corrected chi connectivity index (χ0v) is 14.1. The molecule has 128 valence electrons. The number of ether oxygens (including phenoxy) is 2. The molecule has 1 heterocycles. The van der Waals surface area contributed by atoms with Crippen LogP contribution < -0.4 is 14.9 Å². The highest BCUT2D eigenvalue weighted by atomic mass is 16.5. The van der Waals surface area contributed by atoms with Crippen molar-refractivity contribution in [2.75, 3.05) is 13.7 Å². The van der Waals surface area contributed by atoms with E-state index < -0.39 is 0 Å². The molecule has 0 unspecified atom stereocenters. The molecule has 0 atom stereocenters. The molecule has 25 heavy (non-hydrogen) atoms. The number of methoxy groups -OCH3 is 1. The number of benzene rings is 2. The SMILES string of the molecule is CCOc1ccc2[nH]c(C(=O)N/N=C/c3cccc(OC)c3)cc2c1. The quantitative estimate of drug-likeness (QED) is 0.535. The molecular weight excluding hydrogens is 318 g/mol. The highest BCUT2D eigenvalue weighted by molar-refractivity contribution is 5.98.